The molecule has 0 amide bonds. The fourth-order valence-corrected chi connectivity index (χ4v) is 1.62. The van der Waals surface area contributed by atoms with Crippen LogP contribution in [0.3, 0.4) is 0 Å². The third-order valence-electron chi connectivity index (χ3n) is 2.64. The van der Waals surface area contributed by atoms with E-state index in [0.717, 1.165) is 31.7 Å². The van der Waals surface area contributed by atoms with Gasteiger partial charge in [-0.05, 0) is 51.3 Å². The molecule has 0 aliphatic carbocycles. The number of hydrogen-bond donors (Lipinski definition) is 1. The molecule has 0 bridgehead atoms. The van der Waals surface area contributed by atoms with E-state index in [1.807, 2.05) is 26.2 Å². The highest BCUT2D eigenvalue weighted by Crippen LogP contribution is 2.14. The molecule has 17 heavy (non-hydrogen) atoms. The van der Waals surface area contributed by atoms with Gasteiger partial charge in [0.25, 0.3) is 0 Å². The molecule has 0 aliphatic rings. The third kappa shape index (κ3) is 5.15. The van der Waals surface area contributed by atoms with E-state index in [0.29, 0.717) is 6.54 Å². The molecule has 0 spiro atoms. The Morgan fingerprint density at radius 2 is 1.71 bits per heavy atom. The Morgan fingerprint density at radius 3 is 2.24 bits per heavy atom. The van der Waals surface area contributed by atoms with Crippen molar-refractivity contribution in [1.82, 2.24) is 4.90 Å². The molecule has 0 unspecified atom stereocenters. The van der Waals surface area contributed by atoms with E-state index < -0.39 is 0 Å². The van der Waals surface area contributed by atoms with Gasteiger partial charge in [-0.2, -0.15) is 0 Å². The summed E-state index contributed by atoms with van der Waals surface area (Å²) in [6.45, 7) is 3.50. The second kappa shape index (κ2) is 7.25. The lowest BCUT2D eigenvalue weighted by atomic mass is 10.2. The summed E-state index contributed by atoms with van der Waals surface area (Å²) in [6, 6.07) is 6.64. The van der Waals surface area contributed by atoms with Crippen LogP contribution >= 0.6 is 0 Å². The van der Waals surface area contributed by atoms with E-state index >= 15 is 0 Å². The molecule has 2 N–H and O–H groups in total. The lowest BCUT2D eigenvalue weighted by molar-refractivity contribution is 0.412. The quantitative estimate of drug-likeness (QED) is 0.783. The van der Waals surface area contributed by atoms with Crippen LogP contribution in [0.25, 0.3) is 0 Å². The van der Waals surface area contributed by atoms with Crippen molar-refractivity contribution in [1.29, 1.82) is 0 Å². The van der Waals surface area contributed by atoms with E-state index in [1.165, 1.54) is 12.1 Å². The summed E-state index contributed by atoms with van der Waals surface area (Å²) >= 11 is 0. The van der Waals surface area contributed by atoms with Crippen LogP contribution in [-0.2, 0) is 0 Å². The zero-order valence-corrected chi connectivity index (χ0v) is 10.7. The monoisotopic (exact) mass is 239 g/mol. The number of rotatable bonds is 7. The Hall–Kier alpha value is -1.13. The Morgan fingerprint density at radius 1 is 1.06 bits per heavy atom. The molecule has 0 heterocycles. The molecule has 0 saturated heterocycles. The number of halogens is 1. The van der Waals surface area contributed by atoms with Crippen LogP contribution in [0, 0.1) is 5.82 Å². The van der Waals surface area contributed by atoms with Crippen molar-refractivity contribution < 1.29 is 4.39 Å². The lowest BCUT2D eigenvalue weighted by Gasteiger charge is -2.26. The number of nitrogens with two attached hydrogens (primary N) is 1. The van der Waals surface area contributed by atoms with Gasteiger partial charge in [-0.1, -0.05) is 0 Å². The molecule has 1 aromatic carbocycles. The molecule has 3 nitrogen and oxygen atoms in total. The van der Waals surface area contributed by atoms with Crippen molar-refractivity contribution in [2.24, 2.45) is 5.73 Å². The molecular formula is C13H22FN3. The minimum Gasteiger partial charge on any atom is -0.370 e. The van der Waals surface area contributed by atoms with E-state index in [4.69, 9.17) is 5.73 Å². The van der Waals surface area contributed by atoms with Gasteiger partial charge in [0, 0.05) is 25.3 Å². The fraction of sp³-hybridized carbons (Fsp3) is 0.538. The van der Waals surface area contributed by atoms with Crippen LogP contribution in [-0.4, -0.2) is 45.2 Å². The second-order valence-corrected chi connectivity index (χ2v) is 4.41. The number of hydrogen-bond acceptors (Lipinski definition) is 3. The van der Waals surface area contributed by atoms with Crippen molar-refractivity contribution >= 4 is 5.69 Å². The highest BCUT2D eigenvalue weighted by molar-refractivity contribution is 5.46. The number of anilines is 1. The minimum absolute atomic E-state index is 0.194. The van der Waals surface area contributed by atoms with E-state index in [2.05, 4.69) is 9.80 Å². The van der Waals surface area contributed by atoms with Gasteiger partial charge in [-0.3, -0.25) is 0 Å². The van der Waals surface area contributed by atoms with Gasteiger partial charge in [-0.25, -0.2) is 4.39 Å². The smallest absolute Gasteiger partial charge is 0.123 e. The summed E-state index contributed by atoms with van der Waals surface area (Å²) in [6.07, 6.45) is 0.949. The molecular weight excluding hydrogens is 217 g/mol. The molecule has 0 saturated carbocycles. The first-order valence-electron chi connectivity index (χ1n) is 5.99. The summed E-state index contributed by atoms with van der Waals surface area (Å²) in [4.78, 5) is 4.38. The summed E-state index contributed by atoms with van der Waals surface area (Å²) in [5.41, 5.74) is 6.60. The van der Waals surface area contributed by atoms with Gasteiger partial charge in [-0.15, -0.1) is 0 Å². The molecule has 0 fully saturated rings. The molecule has 0 radical (unpaired) electrons. The fourth-order valence-electron chi connectivity index (χ4n) is 1.62. The predicted molar refractivity (Wildman–Crippen MR) is 70.8 cm³/mol. The zero-order valence-electron chi connectivity index (χ0n) is 10.7. The average molecular weight is 239 g/mol. The summed E-state index contributed by atoms with van der Waals surface area (Å²) in [5.74, 6) is -0.194. The van der Waals surface area contributed by atoms with Crippen LogP contribution < -0.4 is 10.6 Å². The topological polar surface area (TPSA) is 32.5 Å². The lowest BCUT2D eigenvalue weighted by Crippen LogP contribution is -2.33. The first-order valence-corrected chi connectivity index (χ1v) is 5.99. The highest BCUT2D eigenvalue weighted by Gasteiger charge is 2.06. The van der Waals surface area contributed by atoms with Crippen molar-refractivity contribution in [2.45, 2.75) is 6.42 Å². The van der Waals surface area contributed by atoms with Gasteiger partial charge in [0.05, 0.1) is 0 Å². The maximum Gasteiger partial charge on any atom is 0.123 e. The number of likely N-dealkylation sites (N-methyl/N-ethyl adjacent to an activating group) is 1. The third-order valence-corrected chi connectivity index (χ3v) is 2.64. The molecule has 0 aliphatic heterocycles. The summed E-state index contributed by atoms with van der Waals surface area (Å²) in [7, 11) is 4.09. The summed E-state index contributed by atoms with van der Waals surface area (Å²) < 4.78 is 12.9. The van der Waals surface area contributed by atoms with Crippen LogP contribution in [0.1, 0.15) is 6.42 Å². The van der Waals surface area contributed by atoms with Crippen LogP contribution in [0.5, 0.6) is 0 Å². The van der Waals surface area contributed by atoms with E-state index in [-0.39, 0.29) is 5.82 Å². The van der Waals surface area contributed by atoms with E-state index in [1.54, 1.807) is 0 Å². The normalized spacial score (nSPS) is 10.9. The maximum atomic E-state index is 12.9. The van der Waals surface area contributed by atoms with Crippen molar-refractivity contribution in [2.75, 3.05) is 45.2 Å². The molecule has 1 rings (SSSR count). The SMILES string of the molecule is CN(C)CCN(CCCN)c1ccc(F)cc1. The second-order valence-electron chi connectivity index (χ2n) is 4.41. The first kappa shape index (κ1) is 13.9. The predicted octanol–water partition coefficient (Wildman–Crippen LogP) is 1.54. The number of benzene rings is 1. The van der Waals surface area contributed by atoms with Gasteiger partial charge in [0.15, 0.2) is 0 Å². The average Bonchev–Trinajstić information content (AvgIpc) is 2.30. The minimum atomic E-state index is -0.194. The molecule has 0 aromatic heterocycles. The van der Waals surface area contributed by atoms with Gasteiger partial charge in [0.2, 0.25) is 0 Å². The van der Waals surface area contributed by atoms with Crippen molar-refractivity contribution in [3.05, 3.63) is 30.1 Å². The Kier molecular flexibility index (Phi) is 5.94. The molecule has 4 heteroatoms. The Bertz CT molecular complexity index is 311. The Labute approximate surface area is 103 Å². The molecule has 0 atom stereocenters. The molecule has 96 valence electrons. The Balaban J connectivity index is 2.63. The maximum absolute atomic E-state index is 12.9. The molecule has 1 aromatic rings. The highest BCUT2D eigenvalue weighted by atomic mass is 19.1. The number of nitrogens with zero attached hydrogens (tertiary/aromatic N) is 2. The van der Waals surface area contributed by atoms with Gasteiger partial charge in [0.1, 0.15) is 5.82 Å². The van der Waals surface area contributed by atoms with Crippen LogP contribution in [0.2, 0.25) is 0 Å². The standard InChI is InChI=1S/C13H22FN3/c1-16(2)10-11-17(9-3-8-15)13-6-4-12(14)5-7-13/h4-7H,3,8-11,15H2,1-2H3. The van der Waals surface area contributed by atoms with Crippen LogP contribution in [0.4, 0.5) is 10.1 Å². The first-order chi connectivity index (χ1) is 8.13. The largest absolute Gasteiger partial charge is 0.370 e. The van der Waals surface area contributed by atoms with E-state index in [9.17, 15) is 4.39 Å². The van der Waals surface area contributed by atoms with Gasteiger partial charge >= 0.3 is 0 Å². The summed E-state index contributed by atoms with van der Waals surface area (Å²) in [5, 5.41) is 0. The zero-order chi connectivity index (χ0) is 12.7. The van der Waals surface area contributed by atoms with Crippen molar-refractivity contribution in [3.8, 4) is 0 Å². The van der Waals surface area contributed by atoms with Crippen LogP contribution in [0.15, 0.2) is 24.3 Å². The van der Waals surface area contributed by atoms with Gasteiger partial charge < -0.3 is 15.5 Å². The van der Waals surface area contributed by atoms with Crippen molar-refractivity contribution in [3.63, 3.8) is 0 Å².